The molecule has 2 heterocycles. The molecule has 1 saturated heterocycles. The molecule has 2 aromatic carbocycles. The van der Waals surface area contributed by atoms with Gasteiger partial charge in [0.2, 0.25) is 12.3 Å². The van der Waals surface area contributed by atoms with Crippen LogP contribution in [-0.4, -0.2) is 63.7 Å². The maximum absolute atomic E-state index is 14.6. The van der Waals surface area contributed by atoms with E-state index in [1.165, 1.54) is 29.6 Å². The lowest BCUT2D eigenvalue weighted by molar-refractivity contribution is -0.131. The molecule has 1 fully saturated rings. The summed E-state index contributed by atoms with van der Waals surface area (Å²) in [5, 5.41) is 10.5. The van der Waals surface area contributed by atoms with Gasteiger partial charge in [0.1, 0.15) is 6.79 Å². The number of benzene rings is 2. The fraction of sp³-hybridized carbons (Fsp3) is 0.375. The summed E-state index contributed by atoms with van der Waals surface area (Å²) in [5.41, 5.74) is 12.1. The number of nitrogens with two attached hydrogens (primary N) is 2. The maximum atomic E-state index is 14.6. The van der Waals surface area contributed by atoms with Crippen LogP contribution in [0.25, 0.3) is 11.1 Å². The van der Waals surface area contributed by atoms with E-state index in [0.717, 1.165) is 24.7 Å². The van der Waals surface area contributed by atoms with Crippen molar-refractivity contribution in [2.45, 2.75) is 45.2 Å². The van der Waals surface area contributed by atoms with Gasteiger partial charge < -0.3 is 31.2 Å². The zero-order valence-electron chi connectivity index (χ0n) is 25.6. The normalized spacial score (nSPS) is 16.5. The second-order valence-corrected chi connectivity index (χ2v) is 10.9. The number of fused-ring (bicyclic) bond motifs is 3. The van der Waals surface area contributed by atoms with E-state index in [2.05, 4.69) is 28.2 Å². The Kier molecular flexibility index (Phi) is 16.7. The zero-order valence-corrected chi connectivity index (χ0v) is 26.5. The molecular weight excluding hydrogens is 588 g/mol. The van der Waals surface area contributed by atoms with E-state index in [1.54, 1.807) is 48.8 Å². The number of thiophene rings is 1. The van der Waals surface area contributed by atoms with Crippen LogP contribution in [0.1, 0.15) is 40.5 Å². The first kappa shape index (κ1) is 38.0. The summed E-state index contributed by atoms with van der Waals surface area (Å²) in [6.07, 6.45) is 2.63. The molecule has 2 aliphatic rings. The summed E-state index contributed by atoms with van der Waals surface area (Å²) in [6, 6.07) is 13.7. The smallest absolute Gasteiger partial charge is 0.299 e. The van der Waals surface area contributed by atoms with E-state index in [0.29, 0.717) is 36.7 Å². The number of aryl methyl sites for hydroxylation is 1. The van der Waals surface area contributed by atoms with Crippen LogP contribution < -0.4 is 16.8 Å². The molecule has 1 aliphatic carbocycles. The van der Waals surface area contributed by atoms with Crippen LogP contribution in [0, 0.1) is 18.3 Å². The van der Waals surface area contributed by atoms with Gasteiger partial charge in [-0.3, -0.25) is 15.0 Å². The van der Waals surface area contributed by atoms with Crippen molar-refractivity contribution in [3.8, 4) is 11.1 Å². The molecule has 0 spiro atoms. The maximum Gasteiger partial charge on any atom is 0.299 e. The summed E-state index contributed by atoms with van der Waals surface area (Å²) in [6.45, 7) is 8.09. The van der Waals surface area contributed by atoms with E-state index in [4.69, 9.17) is 14.9 Å². The molecular formula is C32H43F2N5O4S. The van der Waals surface area contributed by atoms with Crippen molar-refractivity contribution in [2.75, 3.05) is 27.3 Å². The molecule has 5 rings (SSSR count). The second-order valence-electron chi connectivity index (χ2n) is 9.88. The Bertz CT molecular complexity index is 1340. The van der Waals surface area contributed by atoms with Crippen LogP contribution in [0.3, 0.4) is 0 Å². The highest BCUT2D eigenvalue weighted by molar-refractivity contribution is 7.10. The number of rotatable bonds is 7. The Morgan fingerprint density at radius 1 is 1.18 bits per heavy atom. The number of methoxy groups -OCH3 is 1. The topological polar surface area (TPSA) is 152 Å². The van der Waals surface area contributed by atoms with E-state index in [9.17, 15) is 18.4 Å². The van der Waals surface area contributed by atoms with E-state index >= 15 is 0 Å². The lowest BCUT2D eigenvalue weighted by atomic mass is 10.0. The number of hydrogen-bond acceptors (Lipinski definition) is 7. The highest BCUT2D eigenvalue weighted by atomic mass is 32.1. The number of carbonyl (C=O) groups is 3. The number of halogens is 2. The first-order valence-electron chi connectivity index (χ1n) is 13.8. The van der Waals surface area contributed by atoms with Crippen LogP contribution in [0.5, 0.6) is 0 Å². The predicted molar refractivity (Wildman–Crippen MR) is 172 cm³/mol. The fourth-order valence-electron chi connectivity index (χ4n) is 5.18. The largest absolute Gasteiger partial charge is 0.390 e. The molecule has 9 nitrogen and oxygen atoms in total. The van der Waals surface area contributed by atoms with E-state index in [-0.39, 0.29) is 29.5 Å². The number of nitrogens with one attached hydrogen (secondary N) is 2. The van der Waals surface area contributed by atoms with Gasteiger partial charge in [0.25, 0.3) is 5.92 Å². The van der Waals surface area contributed by atoms with Crippen LogP contribution in [0.15, 0.2) is 53.9 Å². The van der Waals surface area contributed by atoms with Crippen molar-refractivity contribution >= 4 is 36.8 Å². The number of ether oxygens (including phenoxy) is 1. The van der Waals surface area contributed by atoms with Gasteiger partial charge in [-0.1, -0.05) is 42.5 Å². The summed E-state index contributed by atoms with van der Waals surface area (Å²) in [4.78, 5) is 33.8. The van der Waals surface area contributed by atoms with Crippen LogP contribution in [0.4, 0.5) is 8.78 Å². The molecule has 2 amide bonds. The predicted octanol–water partition coefficient (Wildman–Crippen LogP) is 4.48. The third-order valence-corrected chi connectivity index (χ3v) is 7.92. The van der Waals surface area contributed by atoms with Crippen LogP contribution in [0.2, 0.25) is 0 Å². The first-order chi connectivity index (χ1) is 21.2. The van der Waals surface area contributed by atoms with Gasteiger partial charge in [0, 0.05) is 41.6 Å². The molecule has 44 heavy (non-hydrogen) atoms. The lowest BCUT2D eigenvalue weighted by Gasteiger charge is -2.22. The van der Waals surface area contributed by atoms with Crippen molar-refractivity contribution in [3.05, 3.63) is 81.0 Å². The van der Waals surface area contributed by atoms with E-state index in [1.807, 2.05) is 25.5 Å². The summed E-state index contributed by atoms with van der Waals surface area (Å²) < 4.78 is 34.5. The lowest BCUT2D eigenvalue weighted by Crippen LogP contribution is -2.35. The monoisotopic (exact) mass is 631 g/mol. The third kappa shape index (κ3) is 10.0. The van der Waals surface area contributed by atoms with Gasteiger partial charge in [-0.05, 0) is 61.0 Å². The average Bonchev–Trinajstić information content (AvgIpc) is 3.68. The minimum absolute atomic E-state index is 0.0228. The Morgan fingerprint density at radius 3 is 2.41 bits per heavy atom. The number of likely N-dealkylation sites (tertiary alicyclic amines) is 1. The molecule has 2 atom stereocenters. The van der Waals surface area contributed by atoms with Crippen LogP contribution in [-0.2, 0) is 38.0 Å². The number of hydrogen-bond donors (Lipinski definition) is 4. The van der Waals surface area contributed by atoms with Gasteiger partial charge in [0.05, 0.1) is 25.9 Å². The van der Waals surface area contributed by atoms with Crippen molar-refractivity contribution in [1.82, 2.24) is 10.2 Å². The number of alkyl halides is 2. The van der Waals surface area contributed by atoms with Gasteiger partial charge in [-0.2, -0.15) is 8.78 Å². The summed E-state index contributed by atoms with van der Waals surface area (Å²) >= 11 is 1.67. The molecule has 6 N–H and O–H groups in total. The minimum atomic E-state index is -2.98. The standard InChI is InChI=1S/C22H23F2NO2.C7H9NOS.CH4N2.CH5N.CH2O/c1-14-9-16(13-27-2)12-25(14)21(26)11-15-7-8-20-18(10-15)17-5-3-4-6-19(17)22(20,23)24;1-6-2-7(10-4-6)3-8-5-9;2-1-3;2*1-2/h3-8,10,14,16H,9,11-13H2,1-2H3;2,4-5H,3H2,1H3,(H,8,9);1H,(H3,2,3);2H2,1H3;1H2. The zero-order chi connectivity index (χ0) is 33.3. The first-order valence-corrected chi connectivity index (χ1v) is 14.7. The highest BCUT2D eigenvalue weighted by Crippen LogP contribution is 2.51. The van der Waals surface area contributed by atoms with Crippen molar-refractivity contribution in [3.63, 3.8) is 0 Å². The number of carbonyl (C=O) groups excluding carboxylic acids is 3. The molecule has 240 valence electrons. The van der Waals surface area contributed by atoms with Crippen molar-refractivity contribution in [1.29, 1.82) is 5.41 Å². The summed E-state index contributed by atoms with van der Waals surface area (Å²) in [7, 11) is 3.17. The van der Waals surface area contributed by atoms with Crippen LogP contribution >= 0.6 is 11.3 Å². The molecule has 1 aromatic heterocycles. The van der Waals surface area contributed by atoms with Gasteiger partial charge in [0.15, 0.2) is 0 Å². The molecule has 0 radical (unpaired) electrons. The second kappa shape index (κ2) is 19.3. The molecule has 3 aromatic rings. The molecule has 0 saturated carbocycles. The quantitative estimate of drug-likeness (QED) is 0.172. The Morgan fingerprint density at radius 2 is 1.82 bits per heavy atom. The average molecular weight is 632 g/mol. The summed E-state index contributed by atoms with van der Waals surface area (Å²) in [5.74, 6) is -2.58. The van der Waals surface area contributed by atoms with Crippen molar-refractivity contribution in [2.24, 2.45) is 17.4 Å². The minimum Gasteiger partial charge on any atom is -0.390 e. The third-order valence-electron chi connectivity index (χ3n) is 6.86. The number of nitrogens with zero attached hydrogens (tertiary/aromatic N) is 1. The SMILES string of the molecule is C=O.CN.COCC1CC(C)N(C(=O)Cc2ccc3c(c2)-c2ccccc2C3(F)F)C1.Cc1csc(CNC=O)c1.N=CN. The van der Waals surface area contributed by atoms with E-state index < -0.39 is 5.92 Å². The Labute approximate surface area is 262 Å². The Balaban J connectivity index is 0.000000474. The van der Waals surface area contributed by atoms with Crippen molar-refractivity contribution < 1.29 is 27.9 Å². The van der Waals surface area contributed by atoms with Gasteiger partial charge in [-0.25, -0.2) is 0 Å². The molecule has 1 aliphatic heterocycles. The number of amides is 2. The Hall–Kier alpha value is -4.00. The van der Waals surface area contributed by atoms with Gasteiger partial charge >= 0.3 is 0 Å². The fourth-order valence-corrected chi connectivity index (χ4v) is 6.01. The molecule has 12 heteroatoms. The highest BCUT2D eigenvalue weighted by Gasteiger charge is 2.44. The van der Waals surface area contributed by atoms with Gasteiger partial charge in [-0.15, -0.1) is 11.3 Å². The molecule has 2 unspecified atom stereocenters. The molecule has 0 bridgehead atoms.